The molecule has 0 aromatic heterocycles. The first-order valence-corrected chi connectivity index (χ1v) is 4.99. The van der Waals surface area contributed by atoms with E-state index in [1.807, 2.05) is 0 Å². The van der Waals surface area contributed by atoms with Gasteiger partial charge in [-0.3, -0.25) is 0 Å². The number of nitrogens with two attached hydrogens (primary N) is 2. The van der Waals surface area contributed by atoms with Crippen molar-refractivity contribution in [2.45, 2.75) is 45.1 Å². The number of aldehydes is 1. The average Bonchev–Trinajstić information content (AvgIpc) is 2.04. The molecule has 13 heavy (non-hydrogen) atoms. The molecule has 0 aliphatic carbocycles. The lowest BCUT2D eigenvalue weighted by Gasteiger charge is -2.24. The number of hydrogen-bond acceptors (Lipinski definition) is 3. The highest BCUT2D eigenvalue weighted by Crippen LogP contribution is 2.18. The summed E-state index contributed by atoms with van der Waals surface area (Å²) in [5.74, 6) is 0.466. The molecule has 0 radical (unpaired) electrons. The van der Waals surface area contributed by atoms with Crippen LogP contribution in [0, 0.1) is 5.92 Å². The monoisotopic (exact) mass is 186 g/mol. The minimum Gasteiger partial charge on any atom is -0.330 e. The molecule has 0 amide bonds. The third kappa shape index (κ3) is 5.77. The summed E-state index contributed by atoms with van der Waals surface area (Å²) in [5, 5.41) is 0. The van der Waals surface area contributed by atoms with Crippen LogP contribution in [0.4, 0.5) is 0 Å². The largest absolute Gasteiger partial charge is 0.330 e. The average molecular weight is 186 g/mol. The molecule has 0 unspecified atom stereocenters. The molecule has 0 fully saturated rings. The molecule has 0 heterocycles. The summed E-state index contributed by atoms with van der Waals surface area (Å²) in [4.78, 5) is 10.8. The lowest BCUT2D eigenvalue weighted by molar-refractivity contribution is -0.113. The minimum absolute atomic E-state index is 0.466. The molecule has 0 saturated carbocycles. The normalized spacial score (nSPS) is 15.8. The van der Waals surface area contributed by atoms with Crippen molar-refractivity contribution in [1.82, 2.24) is 0 Å². The molecule has 0 bridgehead atoms. The third-order valence-electron chi connectivity index (χ3n) is 2.12. The highest BCUT2D eigenvalue weighted by molar-refractivity contribution is 5.63. The van der Waals surface area contributed by atoms with E-state index in [0.717, 1.165) is 32.0 Å². The first-order chi connectivity index (χ1) is 6.04. The molecule has 0 aliphatic rings. The molecule has 0 spiro atoms. The van der Waals surface area contributed by atoms with Crippen LogP contribution in [0.15, 0.2) is 0 Å². The highest BCUT2D eigenvalue weighted by atomic mass is 16.1. The Morgan fingerprint density at radius 1 is 1.38 bits per heavy atom. The second-order valence-electron chi connectivity index (χ2n) is 4.19. The SMILES string of the molecule is CC(C)C[C@](N)(C=O)CCCCN. The molecule has 4 N–H and O–H groups in total. The van der Waals surface area contributed by atoms with Gasteiger partial charge in [-0.2, -0.15) is 0 Å². The van der Waals surface area contributed by atoms with Gasteiger partial charge in [0.05, 0.1) is 5.54 Å². The summed E-state index contributed by atoms with van der Waals surface area (Å²) in [7, 11) is 0. The quantitative estimate of drug-likeness (QED) is 0.461. The first kappa shape index (κ1) is 12.6. The van der Waals surface area contributed by atoms with E-state index in [1.54, 1.807) is 0 Å². The van der Waals surface area contributed by atoms with E-state index in [2.05, 4.69) is 13.8 Å². The maximum atomic E-state index is 10.8. The highest BCUT2D eigenvalue weighted by Gasteiger charge is 2.24. The van der Waals surface area contributed by atoms with Gasteiger partial charge < -0.3 is 16.3 Å². The summed E-state index contributed by atoms with van der Waals surface area (Å²) in [5.41, 5.74) is 10.7. The Labute approximate surface area is 80.9 Å². The Kier molecular flexibility index (Phi) is 5.91. The number of carbonyl (C=O) groups excluding carboxylic acids is 1. The second kappa shape index (κ2) is 6.11. The number of rotatable bonds is 7. The zero-order valence-corrected chi connectivity index (χ0v) is 8.75. The zero-order chi connectivity index (χ0) is 10.3. The summed E-state index contributed by atoms with van der Waals surface area (Å²) in [6.07, 6.45) is 4.31. The zero-order valence-electron chi connectivity index (χ0n) is 8.75. The first-order valence-electron chi connectivity index (χ1n) is 4.99. The summed E-state index contributed by atoms with van der Waals surface area (Å²) >= 11 is 0. The topological polar surface area (TPSA) is 69.1 Å². The lowest BCUT2D eigenvalue weighted by atomic mass is 9.86. The Morgan fingerprint density at radius 3 is 2.38 bits per heavy atom. The van der Waals surface area contributed by atoms with Gasteiger partial charge in [-0.15, -0.1) is 0 Å². The van der Waals surface area contributed by atoms with Crippen LogP contribution >= 0.6 is 0 Å². The van der Waals surface area contributed by atoms with Gasteiger partial charge in [0, 0.05) is 0 Å². The molecule has 0 aliphatic heterocycles. The fourth-order valence-corrected chi connectivity index (χ4v) is 1.57. The van der Waals surface area contributed by atoms with Crippen LogP contribution < -0.4 is 11.5 Å². The van der Waals surface area contributed by atoms with Crippen molar-refractivity contribution in [2.75, 3.05) is 6.54 Å². The number of carbonyl (C=O) groups is 1. The van der Waals surface area contributed by atoms with Crippen molar-refractivity contribution < 1.29 is 4.79 Å². The van der Waals surface area contributed by atoms with Crippen LogP contribution in [0.25, 0.3) is 0 Å². The standard InChI is InChI=1S/C10H22N2O/c1-9(2)7-10(12,8-13)5-3-4-6-11/h8-9H,3-7,11-12H2,1-2H3/t10-/m0/s1. The summed E-state index contributed by atoms with van der Waals surface area (Å²) in [6.45, 7) is 4.83. The molecule has 0 aromatic carbocycles. The molecule has 1 atom stereocenters. The molecule has 3 heteroatoms. The predicted molar refractivity (Wildman–Crippen MR) is 55.3 cm³/mol. The maximum Gasteiger partial charge on any atom is 0.139 e. The Hall–Kier alpha value is -0.410. The molecule has 0 aromatic rings. The summed E-state index contributed by atoms with van der Waals surface area (Å²) < 4.78 is 0. The lowest BCUT2D eigenvalue weighted by Crippen LogP contribution is -2.42. The molecule has 78 valence electrons. The Bertz CT molecular complexity index is 148. The fraction of sp³-hybridized carbons (Fsp3) is 0.900. The third-order valence-corrected chi connectivity index (χ3v) is 2.12. The van der Waals surface area contributed by atoms with E-state index in [1.165, 1.54) is 0 Å². The minimum atomic E-state index is -0.622. The Balaban J connectivity index is 3.88. The van der Waals surface area contributed by atoms with Crippen LogP contribution in [0.5, 0.6) is 0 Å². The smallest absolute Gasteiger partial charge is 0.139 e. The molecule has 3 nitrogen and oxygen atoms in total. The van der Waals surface area contributed by atoms with E-state index in [0.29, 0.717) is 12.5 Å². The summed E-state index contributed by atoms with van der Waals surface area (Å²) in [6, 6.07) is 0. The van der Waals surface area contributed by atoms with E-state index in [4.69, 9.17) is 11.5 Å². The number of unbranched alkanes of at least 4 members (excludes halogenated alkanes) is 1. The van der Waals surface area contributed by atoms with Gasteiger partial charge in [0.1, 0.15) is 6.29 Å². The van der Waals surface area contributed by atoms with Crippen LogP contribution in [-0.4, -0.2) is 18.4 Å². The van der Waals surface area contributed by atoms with Crippen molar-refractivity contribution in [2.24, 2.45) is 17.4 Å². The van der Waals surface area contributed by atoms with Crippen LogP contribution in [0.2, 0.25) is 0 Å². The molecule has 0 rings (SSSR count). The van der Waals surface area contributed by atoms with Crippen LogP contribution in [0.1, 0.15) is 39.5 Å². The van der Waals surface area contributed by atoms with Crippen molar-refractivity contribution in [3.8, 4) is 0 Å². The van der Waals surface area contributed by atoms with Crippen molar-refractivity contribution >= 4 is 6.29 Å². The van der Waals surface area contributed by atoms with Gasteiger partial charge in [0.2, 0.25) is 0 Å². The maximum absolute atomic E-state index is 10.8. The van der Waals surface area contributed by atoms with Gasteiger partial charge in [-0.1, -0.05) is 13.8 Å². The van der Waals surface area contributed by atoms with Gasteiger partial charge in [-0.05, 0) is 38.1 Å². The van der Waals surface area contributed by atoms with Crippen LogP contribution in [-0.2, 0) is 4.79 Å². The molecular formula is C10H22N2O. The number of hydrogen-bond donors (Lipinski definition) is 2. The fourth-order valence-electron chi connectivity index (χ4n) is 1.57. The van der Waals surface area contributed by atoms with E-state index in [-0.39, 0.29) is 0 Å². The van der Waals surface area contributed by atoms with E-state index in [9.17, 15) is 4.79 Å². The van der Waals surface area contributed by atoms with Crippen molar-refractivity contribution in [3.05, 3.63) is 0 Å². The Morgan fingerprint density at radius 2 is 2.00 bits per heavy atom. The van der Waals surface area contributed by atoms with Gasteiger partial charge >= 0.3 is 0 Å². The van der Waals surface area contributed by atoms with Crippen molar-refractivity contribution in [1.29, 1.82) is 0 Å². The van der Waals surface area contributed by atoms with E-state index >= 15 is 0 Å². The molecular weight excluding hydrogens is 164 g/mol. The van der Waals surface area contributed by atoms with E-state index < -0.39 is 5.54 Å². The van der Waals surface area contributed by atoms with Gasteiger partial charge in [0.15, 0.2) is 0 Å². The second-order valence-corrected chi connectivity index (χ2v) is 4.19. The predicted octanol–water partition coefficient (Wildman–Crippen LogP) is 1.06. The van der Waals surface area contributed by atoms with Gasteiger partial charge in [0.25, 0.3) is 0 Å². The molecule has 0 saturated heterocycles. The van der Waals surface area contributed by atoms with Crippen molar-refractivity contribution in [3.63, 3.8) is 0 Å². The van der Waals surface area contributed by atoms with Gasteiger partial charge in [-0.25, -0.2) is 0 Å². The van der Waals surface area contributed by atoms with Crippen LogP contribution in [0.3, 0.4) is 0 Å².